The molecular weight excluding hydrogens is 244 g/mol. The van der Waals surface area contributed by atoms with E-state index in [1.165, 1.54) is 12.8 Å². The van der Waals surface area contributed by atoms with Gasteiger partial charge in [0.1, 0.15) is 0 Å². The van der Waals surface area contributed by atoms with Crippen LogP contribution in [0.2, 0.25) is 0 Å². The molecule has 0 spiro atoms. The predicted molar refractivity (Wildman–Crippen MR) is 75.2 cm³/mol. The molecule has 5 heteroatoms. The zero-order valence-electron chi connectivity index (χ0n) is 12.3. The largest absolute Gasteiger partial charge is 0.382 e. The lowest BCUT2D eigenvalue weighted by atomic mass is 10.3. The van der Waals surface area contributed by atoms with Gasteiger partial charge in [-0.3, -0.25) is 4.79 Å². The Kier molecular flexibility index (Phi) is 8.79. The Hall–Kier alpha value is -0.650. The second-order valence-corrected chi connectivity index (χ2v) is 4.90. The van der Waals surface area contributed by atoms with Crippen molar-refractivity contribution in [2.24, 2.45) is 0 Å². The first-order valence-corrected chi connectivity index (χ1v) is 7.36. The number of nitrogens with one attached hydrogen (secondary N) is 1. The fraction of sp³-hybridized carbons (Fsp3) is 0.929. The molecule has 1 saturated carbocycles. The number of unbranched alkanes of at least 4 members (excludes halogenated alkanes) is 1. The number of hydrogen-bond donors (Lipinski definition) is 1. The van der Waals surface area contributed by atoms with Crippen LogP contribution in [0.5, 0.6) is 0 Å². The Morgan fingerprint density at radius 1 is 1.26 bits per heavy atom. The van der Waals surface area contributed by atoms with Gasteiger partial charge in [0.15, 0.2) is 0 Å². The van der Waals surface area contributed by atoms with Gasteiger partial charge < -0.3 is 19.7 Å². The molecule has 0 bridgehead atoms. The summed E-state index contributed by atoms with van der Waals surface area (Å²) in [5, 5.41) is 3.21. The topological polar surface area (TPSA) is 50.8 Å². The summed E-state index contributed by atoms with van der Waals surface area (Å²) in [6.07, 6.45) is 4.41. The fourth-order valence-corrected chi connectivity index (χ4v) is 2.02. The molecule has 1 aliphatic rings. The highest BCUT2D eigenvalue weighted by atomic mass is 16.5. The Labute approximate surface area is 116 Å². The molecule has 112 valence electrons. The molecule has 1 aliphatic carbocycles. The van der Waals surface area contributed by atoms with Crippen molar-refractivity contribution in [3.8, 4) is 0 Å². The van der Waals surface area contributed by atoms with Gasteiger partial charge in [-0.15, -0.1) is 0 Å². The van der Waals surface area contributed by atoms with Crippen molar-refractivity contribution in [1.29, 1.82) is 0 Å². The van der Waals surface area contributed by atoms with Gasteiger partial charge in [-0.1, -0.05) is 0 Å². The molecule has 1 amide bonds. The van der Waals surface area contributed by atoms with E-state index >= 15 is 0 Å². The molecule has 0 aromatic carbocycles. The van der Waals surface area contributed by atoms with Gasteiger partial charge in [-0.05, 0) is 39.2 Å². The summed E-state index contributed by atoms with van der Waals surface area (Å²) in [5.74, 6) is 0.237. The Morgan fingerprint density at radius 3 is 2.68 bits per heavy atom. The third-order valence-corrected chi connectivity index (χ3v) is 3.25. The molecule has 0 aromatic heterocycles. The molecule has 0 saturated heterocycles. The lowest BCUT2D eigenvalue weighted by molar-refractivity contribution is -0.130. The third kappa shape index (κ3) is 7.50. The van der Waals surface area contributed by atoms with E-state index in [0.29, 0.717) is 25.8 Å². The van der Waals surface area contributed by atoms with Gasteiger partial charge in [-0.25, -0.2) is 0 Å². The van der Waals surface area contributed by atoms with Gasteiger partial charge in [-0.2, -0.15) is 0 Å². The minimum atomic E-state index is 0.237. The highest BCUT2D eigenvalue weighted by Crippen LogP contribution is 2.26. The van der Waals surface area contributed by atoms with Crippen LogP contribution < -0.4 is 5.32 Å². The zero-order valence-corrected chi connectivity index (χ0v) is 12.3. The molecule has 19 heavy (non-hydrogen) atoms. The van der Waals surface area contributed by atoms with E-state index in [1.54, 1.807) is 7.11 Å². The smallest absolute Gasteiger partial charge is 0.236 e. The van der Waals surface area contributed by atoms with Gasteiger partial charge >= 0.3 is 0 Å². The molecule has 5 nitrogen and oxygen atoms in total. The third-order valence-electron chi connectivity index (χ3n) is 3.25. The van der Waals surface area contributed by atoms with E-state index in [-0.39, 0.29) is 5.91 Å². The quantitative estimate of drug-likeness (QED) is 0.539. The number of carbonyl (C=O) groups excluding carboxylic acids is 1. The number of rotatable bonds is 12. The van der Waals surface area contributed by atoms with Gasteiger partial charge in [0.25, 0.3) is 0 Å². The van der Waals surface area contributed by atoms with Crippen molar-refractivity contribution >= 4 is 5.91 Å². The summed E-state index contributed by atoms with van der Waals surface area (Å²) in [7, 11) is 1.67. The highest BCUT2D eigenvalue weighted by Gasteiger charge is 2.30. The maximum absolute atomic E-state index is 11.9. The number of methoxy groups -OCH3 is 1. The molecule has 0 aliphatic heterocycles. The van der Waals surface area contributed by atoms with Gasteiger partial charge in [0, 0.05) is 26.3 Å². The standard InChI is InChI=1S/C14H28N2O3/c1-3-16(13-6-7-13)14(17)12-15-8-4-5-9-19-11-10-18-2/h13,15H,3-12H2,1-2H3. The Bertz CT molecular complexity index is 245. The van der Waals surface area contributed by atoms with Crippen LogP contribution in [0, 0.1) is 0 Å². The predicted octanol–water partition coefficient (Wildman–Crippen LogP) is 1.03. The molecule has 0 aromatic rings. The van der Waals surface area contributed by atoms with Crippen molar-refractivity contribution in [2.45, 2.75) is 38.6 Å². The van der Waals surface area contributed by atoms with E-state index in [9.17, 15) is 4.79 Å². The number of nitrogens with zero attached hydrogens (tertiary/aromatic N) is 1. The normalized spacial score (nSPS) is 14.6. The van der Waals surface area contributed by atoms with Crippen LogP contribution in [0.25, 0.3) is 0 Å². The molecule has 0 heterocycles. The van der Waals surface area contributed by atoms with Crippen molar-refractivity contribution in [1.82, 2.24) is 10.2 Å². The summed E-state index contributed by atoms with van der Waals surface area (Å²) < 4.78 is 10.3. The molecule has 1 fully saturated rings. The monoisotopic (exact) mass is 272 g/mol. The average molecular weight is 272 g/mol. The van der Waals surface area contributed by atoms with E-state index < -0.39 is 0 Å². The number of likely N-dealkylation sites (N-methyl/N-ethyl adjacent to an activating group) is 1. The van der Waals surface area contributed by atoms with Crippen molar-refractivity contribution in [2.75, 3.05) is 46.6 Å². The minimum absolute atomic E-state index is 0.237. The van der Waals surface area contributed by atoms with Crippen LogP contribution in [0.15, 0.2) is 0 Å². The van der Waals surface area contributed by atoms with Crippen LogP contribution in [0.4, 0.5) is 0 Å². The first kappa shape index (κ1) is 16.4. The number of amides is 1. The van der Waals surface area contributed by atoms with E-state index in [4.69, 9.17) is 9.47 Å². The van der Waals surface area contributed by atoms with Crippen LogP contribution in [-0.2, 0) is 14.3 Å². The molecule has 1 N–H and O–H groups in total. The van der Waals surface area contributed by atoms with Crippen molar-refractivity contribution in [3.63, 3.8) is 0 Å². The molecule has 1 rings (SSSR count). The second-order valence-electron chi connectivity index (χ2n) is 4.90. The van der Waals surface area contributed by atoms with E-state index in [2.05, 4.69) is 5.32 Å². The van der Waals surface area contributed by atoms with Crippen LogP contribution in [0.1, 0.15) is 32.6 Å². The van der Waals surface area contributed by atoms with Crippen LogP contribution in [0.3, 0.4) is 0 Å². The molecule has 0 radical (unpaired) electrons. The first-order chi connectivity index (χ1) is 9.29. The van der Waals surface area contributed by atoms with E-state index in [0.717, 1.165) is 32.5 Å². The Balaban J connectivity index is 1.88. The molecular formula is C14H28N2O3. The molecule has 0 atom stereocenters. The maximum Gasteiger partial charge on any atom is 0.236 e. The first-order valence-electron chi connectivity index (χ1n) is 7.36. The summed E-state index contributed by atoms with van der Waals surface area (Å²) in [6, 6.07) is 0.522. The number of ether oxygens (including phenoxy) is 2. The lowest BCUT2D eigenvalue weighted by Crippen LogP contribution is -2.39. The van der Waals surface area contributed by atoms with Crippen LogP contribution >= 0.6 is 0 Å². The lowest BCUT2D eigenvalue weighted by Gasteiger charge is -2.20. The maximum atomic E-state index is 11.9. The SMILES string of the molecule is CCN(C(=O)CNCCCCOCCOC)C1CC1. The summed E-state index contributed by atoms with van der Waals surface area (Å²) >= 11 is 0. The number of hydrogen-bond acceptors (Lipinski definition) is 4. The van der Waals surface area contributed by atoms with Gasteiger partial charge in [0.2, 0.25) is 5.91 Å². The van der Waals surface area contributed by atoms with Gasteiger partial charge in [0.05, 0.1) is 19.8 Å². The zero-order chi connectivity index (χ0) is 13.9. The summed E-state index contributed by atoms with van der Waals surface area (Å²) in [4.78, 5) is 13.9. The van der Waals surface area contributed by atoms with Crippen LogP contribution in [-0.4, -0.2) is 63.4 Å². The minimum Gasteiger partial charge on any atom is -0.382 e. The molecule has 0 unspecified atom stereocenters. The summed E-state index contributed by atoms with van der Waals surface area (Å²) in [6.45, 7) is 6.31. The average Bonchev–Trinajstić information content (AvgIpc) is 3.22. The summed E-state index contributed by atoms with van der Waals surface area (Å²) in [5.41, 5.74) is 0. The number of carbonyl (C=O) groups is 1. The van der Waals surface area contributed by atoms with Crippen molar-refractivity contribution < 1.29 is 14.3 Å². The van der Waals surface area contributed by atoms with E-state index in [1.807, 2.05) is 11.8 Å². The highest BCUT2D eigenvalue weighted by molar-refractivity contribution is 5.78. The second kappa shape index (κ2) is 10.2. The van der Waals surface area contributed by atoms with Crippen molar-refractivity contribution in [3.05, 3.63) is 0 Å². The fourth-order valence-electron chi connectivity index (χ4n) is 2.02. The Morgan fingerprint density at radius 2 is 2.05 bits per heavy atom.